The lowest BCUT2D eigenvalue weighted by Crippen LogP contribution is -2.31. The summed E-state index contributed by atoms with van der Waals surface area (Å²) in [5.41, 5.74) is 2.27. The fourth-order valence-corrected chi connectivity index (χ4v) is 3.51. The predicted octanol–water partition coefficient (Wildman–Crippen LogP) is 3.24. The number of nitrogens with one attached hydrogen (secondary N) is 1. The van der Waals surface area contributed by atoms with Gasteiger partial charge in [-0.25, -0.2) is 9.07 Å². The average molecular weight is 381 g/mol. The number of amides is 1. The molecule has 1 aromatic carbocycles. The summed E-state index contributed by atoms with van der Waals surface area (Å²) in [6, 6.07) is 6.18. The lowest BCUT2D eigenvalue weighted by Gasteiger charge is -2.18. The van der Waals surface area contributed by atoms with E-state index in [0.29, 0.717) is 11.5 Å². The lowest BCUT2D eigenvalue weighted by atomic mass is 10.0. The first kappa shape index (κ1) is 20.4. The van der Waals surface area contributed by atoms with E-state index in [1.807, 2.05) is 25.8 Å². The van der Waals surface area contributed by atoms with Crippen LogP contribution in [-0.2, 0) is 0 Å². The van der Waals surface area contributed by atoms with Crippen LogP contribution in [0.5, 0.6) is 0 Å². The SMILES string of the molecule is CNCC1CCN(C(=O)c2cnn(-c3ccc(F)cc3)c2C(C)C)C1.Cl. The number of nitrogens with zero attached hydrogens (tertiary/aromatic N) is 3. The first-order valence-electron chi connectivity index (χ1n) is 8.79. The Morgan fingerprint density at radius 3 is 2.65 bits per heavy atom. The Labute approximate surface area is 160 Å². The number of hydrogen-bond donors (Lipinski definition) is 1. The van der Waals surface area contributed by atoms with Gasteiger partial charge in [0.15, 0.2) is 0 Å². The largest absolute Gasteiger partial charge is 0.338 e. The van der Waals surface area contributed by atoms with E-state index >= 15 is 0 Å². The molecule has 0 aliphatic carbocycles. The van der Waals surface area contributed by atoms with Crippen molar-refractivity contribution in [3.05, 3.63) is 47.5 Å². The van der Waals surface area contributed by atoms with Crippen molar-refractivity contribution in [2.75, 3.05) is 26.7 Å². The minimum absolute atomic E-state index is 0. The number of rotatable bonds is 5. The summed E-state index contributed by atoms with van der Waals surface area (Å²) in [4.78, 5) is 14.9. The summed E-state index contributed by atoms with van der Waals surface area (Å²) in [5.74, 6) is 0.382. The second-order valence-corrected chi connectivity index (χ2v) is 6.95. The van der Waals surface area contributed by atoms with Gasteiger partial charge in [-0.3, -0.25) is 4.79 Å². The van der Waals surface area contributed by atoms with Crippen molar-refractivity contribution in [1.29, 1.82) is 0 Å². The quantitative estimate of drug-likeness (QED) is 0.866. The molecule has 1 amide bonds. The van der Waals surface area contributed by atoms with Crippen LogP contribution in [0.4, 0.5) is 4.39 Å². The smallest absolute Gasteiger partial charge is 0.257 e. The van der Waals surface area contributed by atoms with Gasteiger partial charge in [0, 0.05) is 13.1 Å². The molecule has 1 fully saturated rings. The fourth-order valence-electron chi connectivity index (χ4n) is 3.51. The van der Waals surface area contributed by atoms with E-state index in [0.717, 1.165) is 37.4 Å². The van der Waals surface area contributed by atoms with Gasteiger partial charge in [-0.15, -0.1) is 12.4 Å². The molecule has 7 heteroatoms. The normalized spacial score (nSPS) is 16.8. The number of likely N-dealkylation sites (tertiary alicyclic amines) is 1. The van der Waals surface area contributed by atoms with Gasteiger partial charge >= 0.3 is 0 Å². The van der Waals surface area contributed by atoms with Gasteiger partial charge in [-0.1, -0.05) is 13.8 Å². The minimum Gasteiger partial charge on any atom is -0.338 e. The van der Waals surface area contributed by atoms with E-state index < -0.39 is 0 Å². The molecule has 1 aliphatic rings. The predicted molar refractivity (Wildman–Crippen MR) is 103 cm³/mol. The Bertz CT molecular complexity index is 744. The maximum absolute atomic E-state index is 13.2. The molecule has 3 rings (SSSR count). The molecule has 1 aromatic heterocycles. The zero-order chi connectivity index (χ0) is 18.0. The van der Waals surface area contributed by atoms with Crippen molar-refractivity contribution in [2.45, 2.75) is 26.2 Å². The Balaban J connectivity index is 0.00000243. The van der Waals surface area contributed by atoms with Crippen molar-refractivity contribution in [3.8, 4) is 5.69 Å². The van der Waals surface area contributed by atoms with Crippen LogP contribution in [0.15, 0.2) is 30.5 Å². The van der Waals surface area contributed by atoms with E-state index in [1.54, 1.807) is 23.0 Å². The topological polar surface area (TPSA) is 50.2 Å². The van der Waals surface area contributed by atoms with Crippen LogP contribution in [0, 0.1) is 11.7 Å². The van der Waals surface area contributed by atoms with Crippen molar-refractivity contribution < 1.29 is 9.18 Å². The Morgan fingerprint density at radius 1 is 1.35 bits per heavy atom. The molecule has 26 heavy (non-hydrogen) atoms. The van der Waals surface area contributed by atoms with Crippen LogP contribution < -0.4 is 5.32 Å². The van der Waals surface area contributed by atoms with E-state index in [4.69, 9.17) is 0 Å². The fraction of sp³-hybridized carbons (Fsp3) is 0.474. The van der Waals surface area contributed by atoms with Crippen LogP contribution >= 0.6 is 12.4 Å². The number of hydrogen-bond acceptors (Lipinski definition) is 3. The minimum atomic E-state index is -0.286. The second-order valence-electron chi connectivity index (χ2n) is 6.95. The summed E-state index contributed by atoms with van der Waals surface area (Å²) in [7, 11) is 1.94. The summed E-state index contributed by atoms with van der Waals surface area (Å²) in [5, 5.41) is 7.60. The summed E-state index contributed by atoms with van der Waals surface area (Å²) in [6.07, 6.45) is 2.67. The first-order valence-corrected chi connectivity index (χ1v) is 8.79. The molecule has 1 N–H and O–H groups in total. The third-order valence-corrected chi connectivity index (χ3v) is 4.72. The monoisotopic (exact) mass is 380 g/mol. The van der Waals surface area contributed by atoms with E-state index in [-0.39, 0.29) is 30.0 Å². The van der Waals surface area contributed by atoms with Gasteiger partial charge in [0.1, 0.15) is 5.82 Å². The van der Waals surface area contributed by atoms with Crippen molar-refractivity contribution in [3.63, 3.8) is 0 Å². The average Bonchev–Trinajstić information content (AvgIpc) is 3.22. The molecule has 5 nitrogen and oxygen atoms in total. The van der Waals surface area contributed by atoms with E-state index in [9.17, 15) is 9.18 Å². The molecule has 1 aliphatic heterocycles. The van der Waals surface area contributed by atoms with Crippen molar-refractivity contribution in [2.24, 2.45) is 5.92 Å². The molecule has 142 valence electrons. The number of aromatic nitrogens is 2. The highest BCUT2D eigenvalue weighted by atomic mass is 35.5. The third kappa shape index (κ3) is 4.07. The van der Waals surface area contributed by atoms with E-state index in [1.165, 1.54) is 12.1 Å². The van der Waals surface area contributed by atoms with Crippen LogP contribution in [-0.4, -0.2) is 47.3 Å². The second kappa shape index (κ2) is 8.64. The van der Waals surface area contributed by atoms with Crippen molar-refractivity contribution in [1.82, 2.24) is 20.0 Å². The maximum Gasteiger partial charge on any atom is 0.257 e. The summed E-state index contributed by atoms with van der Waals surface area (Å²) < 4.78 is 15.0. The lowest BCUT2D eigenvalue weighted by molar-refractivity contribution is 0.0785. The van der Waals surface area contributed by atoms with Gasteiger partial charge < -0.3 is 10.2 Å². The zero-order valence-electron chi connectivity index (χ0n) is 15.4. The van der Waals surface area contributed by atoms with Gasteiger partial charge in [0.05, 0.1) is 23.1 Å². The van der Waals surface area contributed by atoms with Gasteiger partial charge in [-0.05, 0) is 56.1 Å². The van der Waals surface area contributed by atoms with Gasteiger partial charge in [-0.2, -0.15) is 5.10 Å². The summed E-state index contributed by atoms with van der Waals surface area (Å²) >= 11 is 0. The Kier molecular flexibility index (Phi) is 6.78. The number of benzene rings is 1. The van der Waals surface area contributed by atoms with Gasteiger partial charge in [0.25, 0.3) is 5.91 Å². The molecular formula is C19H26ClFN4O. The van der Waals surface area contributed by atoms with Crippen LogP contribution in [0.25, 0.3) is 5.69 Å². The molecule has 1 atom stereocenters. The van der Waals surface area contributed by atoms with Crippen LogP contribution in [0.1, 0.15) is 42.2 Å². The highest BCUT2D eigenvalue weighted by Gasteiger charge is 2.30. The Morgan fingerprint density at radius 2 is 2.04 bits per heavy atom. The first-order chi connectivity index (χ1) is 12.0. The number of carbonyl (C=O) groups excluding carboxylic acids is 1. The molecule has 0 radical (unpaired) electrons. The van der Waals surface area contributed by atoms with Crippen LogP contribution in [0.2, 0.25) is 0 Å². The van der Waals surface area contributed by atoms with Gasteiger partial charge in [0.2, 0.25) is 0 Å². The van der Waals surface area contributed by atoms with Crippen LogP contribution in [0.3, 0.4) is 0 Å². The molecule has 0 bridgehead atoms. The molecule has 2 heterocycles. The molecule has 0 saturated carbocycles. The standard InChI is InChI=1S/C19H25FN4O.ClH/c1-13(2)18-17(19(25)23-9-8-14(12-23)10-21-3)11-22-24(18)16-6-4-15(20)5-7-16;/h4-7,11,13-14,21H,8-10,12H2,1-3H3;1H. The zero-order valence-corrected chi connectivity index (χ0v) is 16.2. The highest BCUT2D eigenvalue weighted by molar-refractivity contribution is 5.95. The highest BCUT2D eigenvalue weighted by Crippen LogP contribution is 2.26. The molecule has 0 spiro atoms. The number of carbonyl (C=O) groups is 1. The Hall–Kier alpha value is -1.92. The maximum atomic E-state index is 13.2. The van der Waals surface area contributed by atoms with E-state index in [2.05, 4.69) is 10.4 Å². The molecule has 2 aromatic rings. The number of halogens is 2. The third-order valence-electron chi connectivity index (χ3n) is 4.72. The molecular weight excluding hydrogens is 355 g/mol. The summed E-state index contributed by atoms with van der Waals surface area (Å²) in [6.45, 7) is 6.57. The van der Waals surface area contributed by atoms with Crippen molar-refractivity contribution >= 4 is 18.3 Å². The molecule has 1 saturated heterocycles. The molecule has 1 unspecified atom stereocenters.